The number of esters is 1. The van der Waals surface area contributed by atoms with Gasteiger partial charge in [-0.05, 0) is 31.4 Å². The highest BCUT2D eigenvalue weighted by Crippen LogP contribution is 1.97. The highest BCUT2D eigenvalue weighted by atomic mass is 32.2. The lowest BCUT2D eigenvalue weighted by Gasteiger charge is -2.13. The molecule has 0 aromatic heterocycles. The Kier molecular flexibility index (Phi) is 8.24. The minimum Gasteiger partial charge on any atom is -0.468 e. The number of carbonyl (C=O) groups excluding carboxylic acids is 1. The topological polar surface area (TPSA) is 38.3 Å². The normalized spacial score (nSPS) is 12.5. The van der Waals surface area contributed by atoms with Crippen molar-refractivity contribution in [2.45, 2.75) is 25.8 Å². The molecule has 0 radical (unpaired) electrons. The molecule has 78 valence electrons. The van der Waals surface area contributed by atoms with E-state index in [-0.39, 0.29) is 12.0 Å². The smallest absolute Gasteiger partial charge is 0.322 e. The van der Waals surface area contributed by atoms with Crippen LogP contribution < -0.4 is 5.32 Å². The van der Waals surface area contributed by atoms with Gasteiger partial charge in [-0.2, -0.15) is 11.8 Å². The van der Waals surface area contributed by atoms with Crippen molar-refractivity contribution in [2.24, 2.45) is 0 Å². The zero-order chi connectivity index (χ0) is 10.1. The standard InChI is InChI=1S/C9H19NO2S/c1-4-8(9(11)12-2)10-6-5-7-13-3/h8,10H,4-7H2,1-3H3. The molecular formula is C9H19NO2S. The maximum atomic E-state index is 11.1. The Morgan fingerprint density at radius 3 is 2.77 bits per heavy atom. The molecule has 13 heavy (non-hydrogen) atoms. The molecule has 0 saturated carbocycles. The molecule has 0 aromatic rings. The van der Waals surface area contributed by atoms with Crippen LogP contribution in [-0.2, 0) is 9.53 Å². The lowest BCUT2D eigenvalue weighted by Crippen LogP contribution is -2.37. The molecule has 0 heterocycles. The van der Waals surface area contributed by atoms with Crippen molar-refractivity contribution in [3.63, 3.8) is 0 Å². The number of rotatable bonds is 7. The summed E-state index contributed by atoms with van der Waals surface area (Å²) in [5, 5.41) is 3.17. The fourth-order valence-electron chi connectivity index (χ4n) is 1.03. The van der Waals surface area contributed by atoms with E-state index in [0.29, 0.717) is 0 Å². The van der Waals surface area contributed by atoms with Crippen LogP contribution in [0.4, 0.5) is 0 Å². The lowest BCUT2D eigenvalue weighted by atomic mass is 10.2. The van der Waals surface area contributed by atoms with Gasteiger partial charge in [0.2, 0.25) is 0 Å². The van der Waals surface area contributed by atoms with Gasteiger partial charge < -0.3 is 10.1 Å². The first-order chi connectivity index (χ1) is 6.26. The second kappa shape index (κ2) is 8.38. The summed E-state index contributed by atoms with van der Waals surface area (Å²) in [6.07, 6.45) is 3.96. The van der Waals surface area contributed by atoms with Crippen LogP contribution in [0, 0.1) is 0 Å². The molecule has 0 saturated heterocycles. The number of hydrogen-bond acceptors (Lipinski definition) is 4. The van der Waals surface area contributed by atoms with Gasteiger partial charge in [0.25, 0.3) is 0 Å². The molecule has 0 fully saturated rings. The van der Waals surface area contributed by atoms with Crippen LogP contribution in [0.5, 0.6) is 0 Å². The van der Waals surface area contributed by atoms with Gasteiger partial charge in [-0.25, -0.2) is 0 Å². The van der Waals surface area contributed by atoms with E-state index in [0.717, 1.165) is 25.1 Å². The Morgan fingerprint density at radius 2 is 2.31 bits per heavy atom. The van der Waals surface area contributed by atoms with Crippen LogP contribution in [-0.4, -0.2) is 37.7 Å². The first kappa shape index (κ1) is 12.8. The largest absolute Gasteiger partial charge is 0.468 e. The Hall–Kier alpha value is -0.220. The summed E-state index contributed by atoms with van der Waals surface area (Å²) in [5.41, 5.74) is 0. The Morgan fingerprint density at radius 1 is 1.62 bits per heavy atom. The van der Waals surface area contributed by atoms with E-state index in [9.17, 15) is 4.79 Å². The van der Waals surface area contributed by atoms with Gasteiger partial charge >= 0.3 is 5.97 Å². The van der Waals surface area contributed by atoms with Crippen molar-refractivity contribution in [2.75, 3.05) is 25.7 Å². The van der Waals surface area contributed by atoms with Gasteiger partial charge in [-0.3, -0.25) is 4.79 Å². The van der Waals surface area contributed by atoms with E-state index < -0.39 is 0 Å². The van der Waals surface area contributed by atoms with Crippen molar-refractivity contribution in [3.05, 3.63) is 0 Å². The molecule has 0 aliphatic rings. The van der Waals surface area contributed by atoms with Gasteiger partial charge in [0, 0.05) is 0 Å². The fourth-order valence-corrected chi connectivity index (χ4v) is 1.46. The SMILES string of the molecule is CCC(NCCCSC)C(=O)OC. The fraction of sp³-hybridized carbons (Fsp3) is 0.889. The summed E-state index contributed by atoms with van der Waals surface area (Å²) in [6, 6.07) is -0.133. The first-order valence-corrected chi connectivity index (χ1v) is 5.95. The Balaban J connectivity index is 3.53. The molecule has 3 nitrogen and oxygen atoms in total. The van der Waals surface area contributed by atoms with Crippen LogP contribution in [0.1, 0.15) is 19.8 Å². The molecule has 0 spiro atoms. The zero-order valence-corrected chi connectivity index (χ0v) is 9.45. The third-order valence-electron chi connectivity index (χ3n) is 1.81. The number of hydrogen-bond donors (Lipinski definition) is 1. The average Bonchev–Trinajstić information content (AvgIpc) is 2.17. The lowest BCUT2D eigenvalue weighted by molar-refractivity contribution is -0.143. The summed E-state index contributed by atoms with van der Waals surface area (Å²) in [7, 11) is 1.43. The highest BCUT2D eigenvalue weighted by Gasteiger charge is 2.14. The van der Waals surface area contributed by atoms with Gasteiger partial charge in [-0.1, -0.05) is 6.92 Å². The first-order valence-electron chi connectivity index (χ1n) is 4.56. The number of ether oxygens (including phenoxy) is 1. The summed E-state index contributed by atoms with van der Waals surface area (Å²) < 4.78 is 4.65. The predicted molar refractivity (Wildman–Crippen MR) is 57.1 cm³/mol. The number of nitrogens with one attached hydrogen (secondary N) is 1. The van der Waals surface area contributed by atoms with E-state index in [2.05, 4.69) is 16.3 Å². The number of thioether (sulfide) groups is 1. The molecule has 4 heteroatoms. The van der Waals surface area contributed by atoms with Crippen molar-refractivity contribution in [1.82, 2.24) is 5.32 Å². The maximum Gasteiger partial charge on any atom is 0.322 e. The van der Waals surface area contributed by atoms with Crippen molar-refractivity contribution < 1.29 is 9.53 Å². The predicted octanol–water partition coefficient (Wildman–Crippen LogP) is 1.28. The molecule has 0 aromatic carbocycles. The molecule has 0 amide bonds. The molecular weight excluding hydrogens is 186 g/mol. The number of methoxy groups -OCH3 is 1. The van der Waals surface area contributed by atoms with Crippen LogP contribution >= 0.6 is 11.8 Å². The van der Waals surface area contributed by atoms with Gasteiger partial charge in [-0.15, -0.1) is 0 Å². The third kappa shape index (κ3) is 5.93. The van der Waals surface area contributed by atoms with Crippen LogP contribution in [0.25, 0.3) is 0 Å². The summed E-state index contributed by atoms with van der Waals surface area (Å²) in [5.74, 6) is 0.969. The summed E-state index contributed by atoms with van der Waals surface area (Å²) in [6.45, 7) is 2.86. The van der Waals surface area contributed by atoms with Crippen molar-refractivity contribution in [3.8, 4) is 0 Å². The van der Waals surface area contributed by atoms with E-state index >= 15 is 0 Å². The second-order valence-electron chi connectivity index (χ2n) is 2.78. The molecule has 1 unspecified atom stereocenters. The van der Waals surface area contributed by atoms with E-state index in [1.54, 1.807) is 0 Å². The van der Waals surface area contributed by atoms with E-state index in [4.69, 9.17) is 0 Å². The third-order valence-corrected chi connectivity index (χ3v) is 2.51. The van der Waals surface area contributed by atoms with Crippen LogP contribution in [0.3, 0.4) is 0 Å². The molecule has 0 aliphatic heterocycles. The summed E-state index contributed by atoms with van der Waals surface area (Å²) in [4.78, 5) is 11.1. The van der Waals surface area contributed by atoms with Crippen LogP contribution in [0.2, 0.25) is 0 Å². The van der Waals surface area contributed by atoms with E-state index in [1.165, 1.54) is 7.11 Å². The summed E-state index contributed by atoms with van der Waals surface area (Å²) >= 11 is 1.82. The number of carbonyl (C=O) groups is 1. The average molecular weight is 205 g/mol. The molecule has 1 atom stereocenters. The molecule has 0 rings (SSSR count). The second-order valence-corrected chi connectivity index (χ2v) is 3.77. The van der Waals surface area contributed by atoms with E-state index in [1.807, 2.05) is 18.7 Å². The van der Waals surface area contributed by atoms with Crippen LogP contribution in [0.15, 0.2) is 0 Å². The van der Waals surface area contributed by atoms with Gasteiger partial charge in [0.05, 0.1) is 7.11 Å². The van der Waals surface area contributed by atoms with Crippen molar-refractivity contribution >= 4 is 17.7 Å². The van der Waals surface area contributed by atoms with Gasteiger partial charge in [0.15, 0.2) is 0 Å². The minimum absolute atomic E-state index is 0.133. The monoisotopic (exact) mass is 205 g/mol. The van der Waals surface area contributed by atoms with Gasteiger partial charge in [0.1, 0.15) is 6.04 Å². The van der Waals surface area contributed by atoms with Crippen molar-refractivity contribution in [1.29, 1.82) is 0 Å². The molecule has 0 aliphatic carbocycles. The molecule has 0 bridgehead atoms. The molecule has 1 N–H and O–H groups in total. The quantitative estimate of drug-likeness (QED) is 0.502. The maximum absolute atomic E-state index is 11.1. The highest BCUT2D eigenvalue weighted by molar-refractivity contribution is 7.98. The Labute approximate surface area is 84.6 Å². The minimum atomic E-state index is -0.161. The Bertz CT molecular complexity index is 142. The zero-order valence-electron chi connectivity index (χ0n) is 8.63.